The summed E-state index contributed by atoms with van der Waals surface area (Å²) in [7, 11) is 0. The zero-order chi connectivity index (χ0) is 19.9. The first-order valence-corrected chi connectivity index (χ1v) is 10.4. The van der Waals surface area contributed by atoms with Crippen molar-refractivity contribution in [3.8, 4) is 0 Å². The van der Waals surface area contributed by atoms with E-state index in [9.17, 15) is 9.59 Å². The first-order chi connectivity index (χ1) is 13.6. The standard InChI is InChI=1S/C22H25N3O2S/c1-3-4-7-12-25(14-20(26)24-22-23-16(2)15-28-22)21(27)19-11-10-17-8-5-6-9-18(17)13-19/h5-6,8-11,13,15H,3-4,7,12,14H2,1-2H3,(H,23,24,26). The van der Waals surface area contributed by atoms with E-state index in [1.54, 1.807) is 4.90 Å². The maximum absolute atomic E-state index is 13.1. The van der Waals surface area contributed by atoms with Crippen LogP contribution in [0.2, 0.25) is 0 Å². The molecule has 0 unspecified atom stereocenters. The number of benzene rings is 2. The van der Waals surface area contributed by atoms with E-state index in [0.717, 1.165) is 35.7 Å². The summed E-state index contributed by atoms with van der Waals surface area (Å²) < 4.78 is 0. The number of thiazole rings is 1. The molecular formula is C22H25N3O2S. The molecule has 0 spiro atoms. The van der Waals surface area contributed by atoms with E-state index in [1.165, 1.54) is 11.3 Å². The number of fused-ring (bicyclic) bond motifs is 1. The Hall–Kier alpha value is -2.73. The summed E-state index contributed by atoms with van der Waals surface area (Å²) in [5, 5.41) is 7.35. The van der Waals surface area contributed by atoms with Crippen LogP contribution in [0.4, 0.5) is 5.13 Å². The summed E-state index contributed by atoms with van der Waals surface area (Å²) in [5.41, 5.74) is 1.47. The van der Waals surface area contributed by atoms with Gasteiger partial charge in [0.1, 0.15) is 6.54 Å². The molecule has 0 atom stereocenters. The largest absolute Gasteiger partial charge is 0.329 e. The third kappa shape index (κ3) is 5.16. The van der Waals surface area contributed by atoms with Gasteiger partial charge in [-0.1, -0.05) is 50.1 Å². The number of rotatable bonds is 8. The predicted octanol–water partition coefficient (Wildman–Crippen LogP) is 4.88. The molecule has 6 heteroatoms. The monoisotopic (exact) mass is 395 g/mol. The zero-order valence-corrected chi connectivity index (χ0v) is 17.1. The summed E-state index contributed by atoms with van der Waals surface area (Å²) in [6.07, 6.45) is 2.96. The molecule has 28 heavy (non-hydrogen) atoms. The first-order valence-electron chi connectivity index (χ1n) is 9.57. The van der Waals surface area contributed by atoms with Gasteiger partial charge < -0.3 is 10.2 Å². The van der Waals surface area contributed by atoms with E-state index < -0.39 is 0 Å². The number of amides is 2. The van der Waals surface area contributed by atoms with Crippen LogP contribution in [0.1, 0.15) is 42.2 Å². The number of anilines is 1. The summed E-state index contributed by atoms with van der Waals surface area (Å²) in [6, 6.07) is 13.6. The highest BCUT2D eigenvalue weighted by Gasteiger charge is 2.19. The Labute approximate surface area is 169 Å². The molecule has 2 aromatic carbocycles. The highest BCUT2D eigenvalue weighted by Crippen LogP contribution is 2.18. The number of carbonyl (C=O) groups excluding carboxylic acids is 2. The maximum atomic E-state index is 13.1. The SMILES string of the molecule is CCCCCN(CC(=O)Nc1nc(C)cs1)C(=O)c1ccc2ccccc2c1. The van der Waals surface area contributed by atoms with E-state index >= 15 is 0 Å². The molecule has 0 bridgehead atoms. The molecule has 1 heterocycles. The van der Waals surface area contributed by atoms with Gasteiger partial charge >= 0.3 is 0 Å². The Morgan fingerprint density at radius 1 is 1.11 bits per heavy atom. The lowest BCUT2D eigenvalue weighted by Gasteiger charge is -2.22. The molecule has 0 saturated heterocycles. The average Bonchev–Trinajstić information content (AvgIpc) is 3.10. The molecule has 2 amide bonds. The minimum Gasteiger partial charge on any atom is -0.329 e. The topological polar surface area (TPSA) is 62.3 Å². The minimum absolute atomic E-state index is 0.0218. The first kappa shape index (κ1) is 20.0. The van der Waals surface area contributed by atoms with Gasteiger partial charge in [0.2, 0.25) is 5.91 Å². The summed E-state index contributed by atoms with van der Waals surface area (Å²) in [6.45, 7) is 4.58. The van der Waals surface area contributed by atoms with Crippen molar-refractivity contribution in [1.82, 2.24) is 9.88 Å². The lowest BCUT2D eigenvalue weighted by atomic mass is 10.1. The fourth-order valence-corrected chi connectivity index (χ4v) is 3.76. The van der Waals surface area contributed by atoms with Crippen molar-refractivity contribution < 1.29 is 9.59 Å². The molecule has 0 radical (unpaired) electrons. The van der Waals surface area contributed by atoms with Gasteiger partial charge in [-0.2, -0.15) is 0 Å². The lowest BCUT2D eigenvalue weighted by molar-refractivity contribution is -0.116. The van der Waals surface area contributed by atoms with Crippen molar-refractivity contribution in [1.29, 1.82) is 0 Å². The molecule has 1 N–H and O–H groups in total. The quantitative estimate of drug-likeness (QED) is 0.553. The lowest BCUT2D eigenvalue weighted by Crippen LogP contribution is -2.38. The third-order valence-corrected chi connectivity index (χ3v) is 5.39. The van der Waals surface area contributed by atoms with Crippen LogP contribution >= 0.6 is 11.3 Å². The highest BCUT2D eigenvalue weighted by atomic mass is 32.1. The molecule has 0 fully saturated rings. The normalized spacial score (nSPS) is 10.8. The number of hydrogen-bond donors (Lipinski definition) is 1. The number of hydrogen-bond acceptors (Lipinski definition) is 4. The molecular weight excluding hydrogens is 370 g/mol. The molecule has 1 aromatic heterocycles. The van der Waals surface area contributed by atoms with Crippen molar-refractivity contribution in [3.05, 3.63) is 59.1 Å². The van der Waals surface area contributed by atoms with Crippen molar-refractivity contribution in [2.75, 3.05) is 18.4 Å². The number of carbonyl (C=O) groups is 2. The van der Waals surface area contributed by atoms with Crippen LogP contribution in [0.3, 0.4) is 0 Å². The van der Waals surface area contributed by atoms with E-state index in [2.05, 4.69) is 17.2 Å². The van der Waals surface area contributed by atoms with Crippen LogP contribution in [-0.4, -0.2) is 34.8 Å². The van der Waals surface area contributed by atoms with Crippen LogP contribution in [0.5, 0.6) is 0 Å². The maximum Gasteiger partial charge on any atom is 0.254 e. The number of nitrogens with zero attached hydrogens (tertiary/aromatic N) is 2. The van der Waals surface area contributed by atoms with Gasteiger partial charge in [0.15, 0.2) is 5.13 Å². The zero-order valence-electron chi connectivity index (χ0n) is 16.3. The fraction of sp³-hybridized carbons (Fsp3) is 0.318. The number of nitrogens with one attached hydrogen (secondary N) is 1. The van der Waals surface area contributed by atoms with Gasteiger partial charge in [-0.05, 0) is 36.2 Å². The van der Waals surface area contributed by atoms with E-state index in [-0.39, 0.29) is 18.4 Å². The molecule has 0 aliphatic carbocycles. The van der Waals surface area contributed by atoms with Gasteiger partial charge in [-0.15, -0.1) is 11.3 Å². The van der Waals surface area contributed by atoms with Gasteiger partial charge in [0, 0.05) is 17.5 Å². The third-order valence-electron chi connectivity index (χ3n) is 4.52. The van der Waals surface area contributed by atoms with Crippen molar-refractivity contribution in [3.63, 3.8) is 0 Å². The number of unbranched alkanes of at least 4 members (excludes halogenated alkanes) is 2. The van der Waals surface area contributed by atoms with E-state index in [1.807, 2.05) is 54.8 Å². The summed E-state index contributed by atoms with van der Waals surface area (Å²) in [5.74, 6) is -0.340. The Balaban J connectivity index is 1.74. The smallest absolute Gasteiger partial charge is 0.254 e. The Bertz CT molecular complexity index is 967. The Morgan fingerprint density at radius 2 is 1.89 bits per heavy atom. The van der Waals surface area contributed by atoms with Gasteiger partial charge in [-0.25, -0.2) is 4.98 Å². The molecule has 3 aromatic rings. The van der Waals surface area contributed by atoms with Crippen molar-refractivity contribution in [2.24, 2.45) is 0 Å². The van der Waals surface area contributed by atoms with Crippen molar-refractivity contribution in [2.45, 2.75) is 33.1 Å². The van der Waals surface area contributed by atoms with Crippen LogP contribution in [0.15, 0.2) is 47.8 Å². The molecule has 3 rings (SSSR count). The number of aryl methyl sites for hydroxylation is 1. The second-order valence-corrected chi connectivity index (χ2v) is 7.70. The van der Waals surface area contributed by atoms with Crippen LogP contribution < -0.4 is 5.32 Å². The van der Waals surface area contributed by atoms with Crippen LogP contribution in [-0.2, 0) is 4.79 Å². The van der Waals surface area contributed by atoms with E-state index in [0.29, 0.717) is 17.2 Å². The molecule has 146 valence electrons. The van der Waals surface area contributed by atoms with Gasteiger partial charge in [-0.3, -0.25) is 9.59 Å². The van der Waals surface area contributed by atoms with Crippen molar-refractivity contribution >= 4 is 39.1 Å². The van der Waals surface area contributed by atoms with Gasteiger partial charge in [0.25, 0.3) is 5.91 Å². The Morgan fingerprint density at radius 3 is 2.61 bits per heavy atom. The summed E-state index contributed by atoms with van der Waals surface area (Å²) in [4.78, 5) is 31.5. The van der Waals surface area contributed by atoms with Crippen LogP contribution in [0.25, 0.3) is 10.8 Å². The Kier molecular flexibility index (Phi) is 6.76. The molecule has 0 saturated carbocycles. The predicted molar refractivity (Wildman–Crippen MR) is 115 cm³/mol. The summed E-state index contributed by atoms with van der Waals surface area (Å²) >= 11 is 1.39. The average molecular weight is 396 g/mol. The number of aromatic nitrogens is 1. The van der Waals surface area contributed by atoms with Crippen LogP contribution in [0, 0.1) is 6.92 Å². The second-order valence-electron chi connectivity index (χ2n) is 6.84. The molecule has 0 aliphatic rings. The minimum atomic E-state index is -0.222. The van der Waals surface area contributed by atoms with Gasteiger partial charge in [0.05, 0.1) is 5.69 Å². The molecule has 5 nitrogen and oxygen atoms in total. The highest BCUT2D eigenvalue weighted by molar-refractivity contribution is 7.13. The molecule has 0 aliphatic heterocycles. The van der Waals surface area contributed by atoms with E-state index in [4.69, 9.17) is 0 Å². The fourth-order valence-electron chi connectivity index (χ4n) is 3.05. The second kappa shape index (κ2) is 9.46.